The van der Waals surface area contributed by atoms with Crippen molar-refractivity contribution in [3.8, 4) is 0 Å². The summed E-state index contributed by atoms with van der Waals surface area (Å²) in [6.45, 7) is 11.9. The molecule has 0 aromatic rings. The molecule has 0 aromatic heterocycles. The van der Waals surface area contributed by atoms with Crippen molar-refractivity contribution in [3.05, 3.63) is 23.9 Å². The van der Waals surface area contributed by atoms with Gasteiger partial charge in [-0.15, -0.1) is 6.58 Å². The lowest BCUT2D eigenvalue weighted by atomic mass is 9.78. The summed E-state index contributed by atoms with van der Waals surface area (Å²) in [6.07, 6.45) is 11.7. The third kappa shape index (κ3) is 3.66. The number of hydrogen-bond acceptors (Lipinski definition) is 4. The molecule has 1 amide bonds. The van der Waals surface area contributed by atoms with Gasteiger partial charge in [0.15, 0.2) is 5.60 Å². The standard InChI is InChI=1S/C26H43NO4Si/c1-6-16-27-22-10-8-7-9-21(22)26(25(27)29)18(2)24(23(31-26)15-17-28)32(4,5)20-13-11-19(30-3)12-14-20/h6,18-20,23-24,28H,1,7-17H2,2-5H3/t18-,19?,20?,23+,24-,26+/m1/s1. The van der Waals surface area contributed by atoms with E-state index in [1.807, 2.05) is 18.1 Å². The Labute approximate surface area is 195 Å². The number of rotatable bonds is 7. The highest BCUT2D eigenvalue weighted by Gasteiger charge is 2.67. The second-order valence-corrected chi connectivity index (χ2v) is 16.2. The number of aliphatic hydroxyl groups excluding tert-OH is 1. The van der Waals surface area contributed by atoms with Crippen molar-refractivity contribution in [3.63, 3.8) is 0 Å². The predicted octanol–water partition coefficient (Wildman–Crippen LogP) is 5.04. The molecule has 5 nitrogen and oxygen atoms in total. The maximum atomic E-state index is 14.0. The van der Waals surface area contributed by atoms with Crippen molar-refractivity contribution in [1.29, 1.82) is 0 Å². The van der Waals surface area contributed by atoms with Crippen molar-refractivity contribution in [1.82, 2.24) is 4.90 Å². The summed E-state index contributed by atoms with van der Waals surface area (Å²) in [5.74, 6) is 0.279. The molecule has 180 valence electrons. The summed E-state index contributed by atoms with van der Waals surface area (Å²) in [6, 6.07) is 0. The minimum Gasteiger partial charge on any atom is -0.396 e. The Bertz CT molecular complexity index is 757. The van der Waals surface area contributed by atoms with Gasteiger partial charge >= 0.3 is 0 Å². The molecule has 4 atom stereocenters. The zero-order valence-corrected chi connectivity index (χ0v) is 21.6. The quantitative estimate of drug-likeness (QED) is 0.426. The van der Waals surface area contributed by atoms with E-state index in [4.69, 9.17) is 9.47 Å². The van der Waals surface area contributed by atoms with Crippen LogP contribution in [0.3, 0.4) is 0 Å². The Balaban J connectivity index is 1.70. The molecule has 32 heavy (non-hydrogen) atoms. The molecule has 6 heteroatoms. The first-order valence-electron chi connectivity index (χ1n) is 12.8. The van der Waals surface area contributed by atoms with Gasteiger partial charge in [-0.2, -0.15) is 0 Å². The zero-order valence-electron chi connectivity index (χ0n) is 20.6. The minimum atomic E-state index is -1.80. The van der Waals surface area contributed by atoms with Gasteiger partial charge in [-0.3, -0.25) is 4.79 Å². The fraction of sp³-hybridized carbons (Fsp3) is 0.808. The SMILES string of the molecule is C=CCN1C(=O)[C@@]2(O[C@@H](CCO)[C@H]([Si](C)(C)C3CCC(OC)CC3)[C@H]2C)C2=C1CCCC2. The summed E-state index contributed by atoms with van der Waals surface area (Å²) in [7, 11) is 0.0305. The molecular weight excluding hydrogens is 418 g/mol. The van der Waals surface area contributed by atoms with Gasteiger partial charge in [0.1, 0.15) is 0 Å². The second-order valence-electron chi connectivity index (χ2n) is 11.1. The number of methoxy groups -OCH3 is 1. The highest BCUT2D eigenvalue weighted by Crippen LogP contribution is 2.61. The van der Waals surface area contributed by atoms with Crippen LogP contribution in [0.1, 0.15) is 64.7 Å². The molecule has 4 aliphatic rings. The summed E-state index contributed by atoms with van der Waals surface area (Å²) in [5.41, 5.74) is 2.71. The number of ether oxygens (including phenoxy) is 2. The highest BCUT2D eigenvalue weighted by atomic mass is 28.3. The van der Waals surface area contributed by atoms with E-state index < -0.39 is 13.7 Å². The monoisotopic (exact) mass is 461 g/mol. The van der Waals surface area contributed by atoms with Crippen LogP contribution in [0.5, 0.6) is 0 Å². The fourth-order valence-electron chi connectivity index (χ4n) is 7.75. The van der Waals surface area contributed by atoms with Gasteiger partial charge < -0.3 is 19.5 Å². The molecule has 2 heterocycles. The third-order valence-electron chi connectivity index (χ3n) is 9.34. The number of carbonyl (C=O) groups is 1. The number of allylic oxidation sites excluding steroid dienone is 1. The number of carbonyl (C=O) groups excluding carboxylic acids is 1. The molecule has 4 rings (SSSR count). The molecule has 2 aliphatic carbocycles. The normalized spacial score (nSPS) is 38.0. The fourth-order valence-corrected chi connectivity index (χ4v) is 12.8. The van der Waals surface area contributed by atoms with E-state index in [2.05, 4.69) is 26.6 Å². The number of amides is 1. The van der Waals surface area contributed by atoms with Crippen molar-refractivity contribution >= 4 is 14.0 Å². The summed E-state index contributed by atoms with van der Waals surface area (Å²) in [5, 5.41) is 9.94. The summed E-state index contributed by atoms with van der Waals surface area (Å²) >= 11 is 0. The molecule has 2 aliphatic heterocycles. The number of hydrogen-bond donors (Lipinski definition) is 1. The summed E-state index contributed by atoms with van der Waals surface area (Å²) in [4.78, 5) is 16.0. The molecule has 0 bridgehead atoms. The number of nitrogens with zero attached hydrogens (tertiary/aromatic N) is 1. The van der Waals surface area contributed by atoms with Gasteiger partial charge in [0, 0.05) is 31.9 Å². The Morgan fingerprint density at radius 1 is 1.25 bits per heavy atom. The van der Waals surface area contributed by atoms with Gasteiger partial charge in [0.2, 0.25) is 0 Å². The van der Waals surface area contributed by atoms with E-state index in [-0.39, 0.29) is 24.5 Å². The van der Waals surface area contributed by atoms with Crippen molar-refractivity contribution in [2.75, 3.05) is 20.3 Å². The molecule has 2 fully saturated rings. The molecule has 1 spiro atoms. The highest BCUT2D eigenvalue weighted by molar-refractivity contribution is 6.80. The van der Waals surface area contributed by atoms with E-state index in [9.17, 15) is 9.90 Å². The van der Waals surface area contributed by atoms with Gasteiger partial charge in [-0.1, -0.05) is 38.9 Å². The Morgan fingerprint density at radius 3 is 2.56 bits per heavy atom. The van der Waals surface area contributed by atoms with Gasteiger partial charge in [0.25, 0.3) is 5.91 Å². The first kappa shape index (κ1) is 24.2. The number of aliphatic hydroxyl groups is 1. The molecule has 0 radical (unpaired) electrons. The van der Waals surface area contributed by atoms with E-state index in [0.717, 1.165) is 38.5 Å². The van der Waals surface area contributed by atoms with Gasteiger partial charge in [0.05, 0.1) is 20.3 Å². The molecular formula is C26H43NO4Si. The minimum absolute atomic E-state index is 0.0416. The smallest absolute Gasteiger partial charge is 0.263 e. The summed E-state index contributed by atoms with van der Waals surface area (Å²) < 4.78 is 12.6. The van der Waals surface area contributed by atoms with Gasteiger partial charge in [-0.05, 0) is 61.6 Å². The Kier molecular flexibility index (Phi) is 7.07. The maximum absolute atomic E-state index is 14.0. The van der Waals surface area contributed by atoms with Crippen LogP contribution in [0.15, 0.2) is 23.9 Å². The lowest BCUT2D eigenvalue weighted by molar-refractivity contribution is -0.149. The van der Waals surface area contributed by atoms with Crippen LogP contribution in [0.2, 0.25) is 24.2 Å². The lowest BCUT2D eigenvalue weighted by Crippen LogP contribution is -2.50. The van der Waals surface area contributed by atoms with Crippen LogP contribution >= 0.6 is 0 Å². The lowest BCUT2D eigenvalue weighted by Gasteiger charge is -2.44. The molecule has 0 aromatic carbocycles. The second kappa shape index (κ2) is 9.36. The van der Waals surface area contributed by atoms with E-state index in [1.54, 1.807) is 0 Å². The van der Waals surface area contributed by atoms with Crippen LogP contribution in [0.4, 0.5) is 0 Å². The molecule has 1 saturated carbocycles. The van der Waals surface area contributed by atoms with E-state index >= 15 is 0 Å². The largest absolute Gasteiger partial charge is 0.396 e. The van der Waals surface area contributed by atoms with Crippen molar-refractivity contribution in [2.24, 2.45) is 5.92 Å². The van der Waals surface area contributed by atoms with Crippen molar-refractivity contribution < 1.29 is 19.4 Å². The van der Waals surface area contributed by atoms with Crippen LogP contribution in [-0.2, 0) is 14.3 Å². The van der Waals surface area contributed by atoms with Gasteiger partial charge in [-0.25, -0.2) is 0 Å². The number of fused-ring (bicyclic) bond motifs is 1. The van der Waals surface area contributed by atoms with Crippen LogP contribution < -0.4 is 0 Å². The first-order chi connectivity index (χ1) is 15.3. The molecule has 1 saturated heterocycles. The van der Waals surface area contributed by atoms with Crippen LogP contribution in [0, 0.1) is 5.92 Å². The van der Waals surface area contributed by atoms with Crippen LogP contribution in [0.25, 0.3) is 0 Å². The first-order valence-corrected chi connectivity index (χ1v) is 15.9. The predicted molar refractivity (Wildman–Crippen MR) is 130 cm³/mol. The van der Waals surface area contributed by atoms with Crippen molar-refractivity contribution in [2.45, 2.75) is 107 Å². The average molecular weight is 462 g/mol. The molecule has 0 unspecified atom stereocenters. The van der Waals surface area contributed by atoms with E-state index in [0.29, 0.717) is 30.2 Å². The average Bonchev–Trinajstić information content (AvgIpc) is 3.22. The van der Waals surface area contributed by atoms with Crippen LogP contribution in [-0.4, -0.2) is 62.1 Å². The maximum Gasteiger partial charge on any atom is 0.263 e. The molecule has 1 N–H and O–H groups in total. The Hall–Kier alpha value is -0.953. The third-order valence-corrected chi connectivity index (χ3v) is 14.6. The zero-order chi connectivity index (χ0) is 23.1. The topological polar surface area (TPSA) is 59.0 Å². The van der Waals surface area contributed by atoms with E-state index in [1.165, 1.54) is 24.1 Å². The Morgan fingerprint density at radius 2 is 1.94 bits per heavy atom.